The third-order valence-corrected chi connectivity index (χ3v) is 5.45. The van der Waals surface area contributed by atoms with E-state index in [1.807, 2.05) is 0 Å². The number of sulfonamides is 1. The summed E-state index contributed by atoms with van der Waals surface area (Å²) in [6, 6.07) is 1.05. The van der Waals surface area contributed by atoms with Crippen LogP contribution in [-0.4, -0.2) is 29.9 Å². The number of hydrogen-bond donors (Lipinski definition) is 3. The van der Waals surface area contributed by atoms with Crippen LogP contribution in [0.25, 0.3) is 0 Å². The second kappa shape index (κ2) is 6.20. The first-order valence-electron chi connectivity index (χ1n) is 5.93. The Kier molecular flexibility index (Phi) is 4.55. The molecule has 0 fully saturated rings. The molecule has 0 amide bonds. The number of rotatable bonds is 7. The number of nitrogens with zero attached hydrogens (tertiary/aromatic N) is 2. The van der Waals surface area contributed by atoms with E-state index in [0.717, 1.165) is 17.4 Å². The standard InChI is InChI=1S/C10H13N5O4S2/c1-2-12-10-8(15(16)17)3-9(20-10)21(18,19)14-5-7-4-11-6-13-7/h3-4,6,12,14H,2,5H2,1H3,(H,11,13). The van der Waals surface area contributed by atoms with Gasteiger partial charge in [0.05, 0.1) is 17.8 Å². The Bertz CT molecular complexity index is 723. The highest BCUT2D eigenvalue weighted by Crippen LogP contribution is 2.36. The number of thiophene rings is 1. The summed E-state index contributed by atoms with van der Waals surface area (Å²) in [5, 5.41) is 13.9. The number of hydrogen-bond acceptors (Lipinski definition) is 7. The minimum absolute atomic E-state index is 0.0323. The van der Waals surface area contributed by atoms with Gasteiger partial charge in [0.25, 0.3) is 10.0 Å². The lowest BCUT2D eigenvalue weighted by Gasteiger charge is -2.02. The molecule has 0 aromatic carbocycles. The van der Waals surface area contributed by atoms with E-state index in [9.17, 15) is 18.5 Å². The smallest absolute Gasteiger partial charge is 0.304 e. The summed E-state index contributed by atoms with van der Waals surface area (Å²) in [6.45, 7) is 2.26. The maximum atomic E-state index is 12.1. The van der Waals surface area contributed by atoms with Gasteiger partial charge in [-0.3, -0.25) is 10.1 Å². The molecule has 0 radical (unpaired) electrons. The normalized spacial score (nSPS) is 11.5. The lowest BCUT2D eigenvalue weighted by molar-refractivity contribution is -0.383. The van der Waals surface area contributed by atoms with Crippen molar-refractivity contribution in [2.75, 3.05) is 11.9 Å². The van der Waals surface area contributed by atoms with Crippen molar-refractivity contribution in [1.82, 2.24) is 14.7 Å². The fourth-order valence-corrected chi connectivity index (χ4v) is 3.99. The van der Waals surface area contributed by atoms with Gasteiger partial charge in [0, 0.05) is 24.5 Å². The summed E-state index contributed by atoms with van der Waals surface area (Å²) in [5.74, 6) is 0. The Labute approximate surface area is 124 Å². The van der Waals surface area contributed by atoms with Crippen molar-refractivity contribution in [3.63, 3.8) is 0 Å². The van der Waals surface area contributed by atoms with Crippen molar-refractivity contribution in [3.8, 4) is 0 Å². The number of anilines is 1. The van der Waals surface area contributed by atoms with E-state index < -0.39 is 14.9 Å². The summed E-state index contributed by atoms with van der Waals surface area (Å²) in [7, 11) is -3.81. The van der Waals surface area contributed by atoms with E-state index in [2.05, 4.69) is 20.0 Å². The van der Waals surface area contributed by atoms with Gasteiger partial charge in [0.1, 0.15) is 4.21 Å². The van der Waals surface area contributed by atoms with Crippen LogP contribution in [0, 0.1) is 10.1 Å². The molecule has 11 heteroatoms. The van der Waals surface area contributed by atoms with Crippen LogP contribution in [0.15, 0.2) is 22.8 Å². The first-order chi connectivity index (χ1) is 9.94. The Balaban J connectivity index is 2.23. The highest BCUT2D eigenvalue weighted by Gasteiger charge is 2.25. The van der Waals surface area contributed by atoms with Gasteiger partial charge in [0.15, 0.2) is 5.00 Å². The average molecular weight is 331 g/mol. The molecule has 0 saturated heterocycles. The molecule has 114 valence electrons. The summed E-state index contributed by atoms with van der Waals surface area (Å²) in [5.41, 5.74) is 0.348. The molecule has 2 aromatic rings. The number of imidazole rings is 1. The monoisotopic (exact) mass is 331 g/mol. The van der Waals surface area contributed by atoms with Crippen molar-refractivity contribution < 1.29 is 13.3 Å². The van der Waals surface area contributed by atoms with Crippen LogP contribution in [0.3, 0.4) is 0 Å². The van der Waals surface area contributed by atoms with E-state index in [1.165, 1.54) is 12.5 Å². The third kappa shape index (κ3) is 3.56. The highest BCUT2D eigenvalue weighted by atomic mass is 32.2. The summed E-state index contributed by atoms with van der Waals surface area (Å²) in [4.78, 5) is 16.9. The van der Waals surface area contributed by atoms with Crippen LogP contribution < -0.4 is 10.0 Å². The molecule has 21 heavy (non-hydrogen) atoms. The van der Waals surface area contributed by atoms with Crippen LogP contribution in [0.5, 0.6) is 0 Å². The molecule has 0 atom stereocenters. The minimum Gasteiger partial charge on any atom is -0.372 e. The van der Waals surface area contributed by atoms with Crippen molar-refractivity contribution in [1.29, 1.82) is 0 Å². The second-order valence-electron chi connectivity index (χ2n) is 3.97. The SMILES string of the molecule is CCNc1sc(S(=O)(=O)NCc2cnc[nH]2)cc1[N+](=O)[O-]. The Morgan fingerprint density at radius 1 is 1.52 bits per heavy atom. The zero-order valence-corrected chi connectivity index (χ0v) is 12.6. The lowest BCUT2D eigenvalue weighted by Crippen LogP contribution is -2.22. The van der Waals surface area contributed by atoms with Gasteiger partial charge in [-0.25, -0.2) is 18.1 Å². The van der Waals surface area contributed by atoms with Crippen LogP contribution in [0.4, 0.5) is 10.7 Å². The Morgan fingerprint density at radius 2 is 2.29 bits per heavy atom. The largest absolute Gasteiger partial charge is 0.372 e. The highest BCUT2D eigenvalue weighted by molar-refractivity contribution is 7.91. The predicted molar refractivity (Wildman–Crippen MR) is 77.8 cm³/mol. The number of nitro groups is 1. The maximum Gasteiger partial charge on any atom is 0.304 e. The molecule has 0 unspecified atom stereocenters. The van der Waals surface area contributed by atoms with Crippen LogP contribution in [-0.2, 0) is 16.6 Å². The van der Waals surface area contributed by atoms with E-state index in [-0.39, 0.29) is 21.4 Å². The average Bonchev–Trinajstić information content (AvgIpc) is 3.06. The molecule has 9 nitrogen and oxygen atoms in total. The van der Waals surface area contributed by atoms with Gasteiger partial charge in [-0.2, -0.15) is 0 Å². The quantitative estimate of drug-likeness (QED) is 0.518. The van der Waals surface area contributed by atoms with E-state index in [4.69, 9.17) is 0 Å². The summed E-state index contributed by atoms with van der Waals surface area (Å²) < 4.78 is 26.5. The van der Waals surface area contributed by atoms with Crippen LogP contribution in [0.1, 0.15) is 12.6 Å². The molecular formula is C10H13N5O4S2. The number of nitrogens with one attached hydrogen (secondary N) is 3. The van der Waals surface area contributed by atoms with Gasteiger partial charge in [-0.05, 0) is 6.92 Å². The van der Waals surface area contributed by atoms with Crippen LogP contribution in [0.2, 0.25) is 0 Å². The fourth-order valence-electron chi connectivity index (χ4n) is 1.54. The molecule has 0 spiro atoms. The lowest BCUT2D eigenvalue weighted by atomic mass is 10.5. The van der Waals surface area contributed by atoms with Gasteiger partial charge in [-0.1, -0.05) is 11.3 Å². The molecule has 0 aliphatic rings. The summed E-state index contributed by atoms with van der Waals surface area (Å²) in [6.07, 6.45) is 2.92. The Hall–Kier alpha value is -1.98. The second-order valence-corrected chi connectivity index (χ2v) is 7.01. The van der Waals surface area contributed by atoms with Crippen LogP contribution >= 0.6 is 11.3 Å². The van der Waals surface area contributed by atoms with E-state index in [0.29, 0.717) is 12.2 Å². The van der Waals surface area contributed by atoms with Gasteiger partial charge < -0.3 is 10.3 Å². The van der Waals surface area contributed by atoms with Crippen molar-refractivity contribution in [3.05, 3.63) is 34.4 Å². The van der Waals surface area contributed by atoms with Gasteiger partial charge >= 0.3 is 5.69 Å². The molecule has 2 aromatic heterocycles. The predicted octanol–water partition coefficient (Wildman–Crippen LogP) is 1.29. The van der Waals surface area contributed by atoms with Crippen molar-refractivity contribution in [2.45, 2.75) is 17.7 Å². The molecule has 3 N–H and O–H groups in total. The molecule has 2 heterocycles. The fraction of sp³-hybridized carbons (Fsp3) is 0.300. The third-order valence-electron chi connectivity index (χ3n) is 2.50. The molecule has 0 bridgehead atoms. The van der Waals surface area contributed by atoms with Gasteiger partial charge in [0.2, 0.25) is 0 Å². The number of H-pyrrole nitrogens is 1. The molecular weight excluding hydrogens is 318 g/mol. The van der Waals surface area contributed by atoms with E-state index >= 15 is 0 Å². The molecule has 0 aliphatic heterocycles. The molecule has 0 aliphatic carbocycles. The van der Waals surface area contributed by atoms with Crippen molar-refractivity contribution in [2.24, 2.45) is 0 Å². The molecule has 0 saturated carbocycles. The zero-order valence-electron chi connectivity index (χ0n) is 11.0. The first kappa shape index (κ1) is 15.4. The van der Waals surface area contributed by atoms with Gasteiger partial charge in [-0.15, -0.1) is 0 Å². The number of aromatic nitrogens is 2. The first-order valence-corrected chi connectivity index (χ1v) is 8.23. The Morgan fingerprint density at radius 3 is 2.86 bits per heavy atom. The number of aromatic amines is 1. The molecule has 2 rings (SSSR count). The van der Waals surface area contributed by atoms with Crippen molar-refractivity contribution >= 4 is 32.0 Å². The zero-order chi connectivity index (χ0) is 15.5. The minimum atomic E-state index is -3.81. The topological polar surface area (TPSA) is 130 Å². The maximum absolute atomic E-state index is 12.1. The summed E-state index contributed by atoms with van der Waals surface area (Å²) >= 11 is 0.827. The van der Waals surface area contributed by atoms with E-state index in [1.54, 1.807) is 6.92 Å².